The van der Waals surface area contributed by atoms with E-state index in [4.69, 9.17) is 9.88 Å². The summed E-state index contributed by atoms with van der Waals surface area (Å²) in [4.78, 5) is 14.5. The highest BCUT2D eigenvalue weighted by Gasteiger charge is 2.18. The molecule has 150 valence electrons. The molecule has 28 heavy (non-hydrogen) atoms. The molecule has 1 atom stereocenters. The molecule has 1 aliphatic heterocycles. The van der Waals surface area contributed by atoms with E-state index in [-0.39, 0.29) is 23.3 Å². The van der Waals surface area contributed by atoms with Crippen LogP contribution in [-0.4, -0.2) is 45.5 Å². The molecule has 0 aromatic heterocycles. The van der Waals surface area contributed by atoms with Crippen molar-refractivity contribution in [2.75, 3.05) is 25.5 Å². The molecule has 2 aromatic rings. The van der Waals surface area contributed by atoms with Crippen LogP contribution in [0.25, 0.3) is 0 Å². The van der Waals surface area contributed by atoms with Gasteiger partial charge in [0.2, 0.25) is 15.9 Å². The Morgan fingerprint density at radius 2 is 2.00 bits per heavy atom. The minimum atomic E-state index is -3.81. The number of hydrogen-bond donors (Lipinski definition) is 2. The number of rotatable bonds is 6. The zero-order chi connectivity index (χ0) is 20.1. The van der Waals surface area contributed by atoms with Crippen molar-refractivity contribution in [3.05, 3.63) is 54.1 Å². The smallest absolute Gasteiger partial charge is 0.238 e. The first-order valence-corrected chi connectivity index (χ1v) is 10.7. The van der Waals surface area contributed by atoms with E-state index in [0.717, 1.165) is 37.2 Å². The van der Waals surface area contributed by atoms with Crippen molar-refractivity contribution in [3.63, 3.8) is 0 Å². The number of likely N-dealkylation sites (N-methyl/N-ethyl adjacent to an activating group) is 1. The van der Waals surface area contributed by atoms with E-state index < -0.39 is 10.0 Å². The molecule has 2 aromatic carbocycles. The molecule has 0 saturated carbocycles. The van der Waals surface area contributed by atoms with Gasteiger partial charge in [0, 0.05) is 12.2 Å². The van der Waals surface area contributed by atoms with Crippen LogP contribution in [0, 0.1) is 0 Å². The maximum atomic E-state index is 12.3. The first-order valence-electron chi connectivity index (χ1n) is 9.16. The lowest BCUT2D eigenvalue weighted by atomic mass is 10.1. The van der Waals surface area contributed by atoms with Gasteiger partial charge in [-0.3, -0.25) is 4.79 Å². The maximum absolute atomic E-state index is 12.3. The lowest BCUT2D eigenvalue weighted by molar-refractivity contribution is -0.115. The van der Waals surface area contributed by atoms with E-state index >= 15 is 0 Å². The molecule has 0 aliphatic carbocycles. The van der Waals surface area contributed by atoms with E-state index in [1.807, 2.05) is 24.3 Å². The summed E-state index contributed by atoms with van der Waals surface area (Å²) < 4.78 is 28.8. The Labute approximate surface area is 165 Å². The van der Waals surface area contributed by atoms with E-state index in [2.05, 4.69) is 17.3 Å². The Morgan fingerprint density at radius 3 is 2.68 bits per heavy atom. The number of ether oxygens (including phenoxy) is 1. The summed E-state index contributed by atoms with van der Waals surface area (Å²) in [6.45, 7) is 2.02. The zero-order valence-electron chi connectivity index (χ0n) is 15.8. The van der Waals surface area contributed by atoms with Gasteiger partial charge in [-0.2, -0.15) is 0 Å². The molecule has 1 fully saturated rings. The molecular weight excluding hydrogens is 378 g/mol. The summed E-state index contributed by atoms with van der Waals surface area (Å²) in [6.07, 6.45) is 2.54. The average molecular weight is 404 g/mol. The summed E-state index contributed by atoms with van der Waals surface area (Å²) in [5.41, 5.74) is 1.23. The fourth-order valence-electron chi connectivity index (χ4n) is 3.24. The lowest BCUT2D eigenvalue weighted by Gasteiger charge is -2.30. The standard InChI is InChI=1S/C20H25N3O4S/c1-23-11-3-5-18(14-23)27-17-9-7-15(8-10-17)12-20(24)22-16-4-2-6-19(13-16)28(21,25)26/h2,4,6-10,13,18H,3,5,11-12,14H2,1H3,(H,22,24)(H2,21,25,26). The number of hydrogen-bond acceptors (Lipinski definition) is 5. The zero-order valence-corrected chi connectivity index (χ0v) is 16.6. The maximum Gasteiger partial charge on any atom is 0.238 e. The van der Waals surface area contributed by atoms with Crippen LogP contribution < -0.4 is 15.2 Å². The summed E-state index contributed by atoms with van der Waals surface area (Å²) in [6, 6.07) is 13.3. The van der Waals surface area contributed by atoms with Gasteiger partial charge < -0.3 is 15.0 Å². The second-order valence-corrected chi connectivity index (χ2v) is 8.65. The Balaban J connectivity index is 1.56. The highest BCUT2D eigenvalue weighted by atomic mass is 32.2. The number of carbonyl (C=O) groups excluding carboxylic acids is 1. The third kappa shape index (κ3) is 5.79. The van der Waals surface area contributed by atoms with E-state index in [1.54, 1.807) is 6.07 Å². The second-order valence-electron chi connectivity index (χ2n) is 7.09. The number of piperidine rings is 1. The summed E-state index contributed by atoms with van der Waals surface area (Å²) in [7, 11) is -1.72. The van der Waals surface area contributed by atoms with Crippen molar-refractivity contribution in [2.24, 2.45) is 5.14 Å². The molecule has 1 saturated heterocycles. The van der Waals surface area contributed by atoms with Crippen molar-refractivity contribution < 1.29 is 17.9 Å². The molecule has 1 unspecified atom stereocenters. The fraction of sp³-hybridized carbons (Fsp3) is 0.350. The Hall–Kier alpha value is -2.42. The minimum absolute atomic E-state index is 0.0415. The number of anilines is 1. The average Bonchev–Trinajstić information content (AvgIpc) is 2.63. The fourth-order valence-corrected chi connectivity index (χ4v) is 3.79. The molecular formula is C20H25N3O4S. The highest BCUT2D eigenvalue weighted by molar-refractivity contribution is 7.89. The molecule has 3 N–H and O–H groups in total. The largest absolute Gasteiger partial charge is 0.489 e. The van der Waals surface area contributed by atoms with Crippen molar-refractivity contribution >= 4 is 21.6 Å². The number of nitrogens with one attached hydrogen (secondary N) is 1. The highest BCUT2D eigenvalue weighted by Crippen LogP contribution is 2.19. The Morgan fingerprint density at radius 1 is 1.25 bits per heavy atom. The van der Waals surface area contributed by atoms with Gasteiger partial charge in [0.05, 0.1) is 11.3 Å². The van der Waals surface area contributed by atoms with Crippen LogP contribution in [0.4, 0.5) is 5.69 Å². The molecule has 0 radical (unpaired) electrons. The quantitative estimate of drug-likeness (QED) is 0.768. The number of nitrogens with zero attached hydrogens (tertiary/aromatic N) is 1. The van der Waals surface area contributed by atoms with Gasteiger partial charge in [-0.1, -0.05) is 18.2 Å². The Kier molecular flexibility index (Phi) is 6.33. The van der Waals surface area contributed by atoms with Crippen LogP contribution >= 0.6 is 0 Å². The molecule has 1 heterocycles. The summed E-state index contributed by atoms with van der Waals surface area (Å²) in [5, 5.41) is 7.81. The predicted molar refractivity (Wildman–Crippen MR) is 108 cm³/mol. The normalized spacial score (nSPS) is 17.9. The number of likely N-dealkylation sites (tertiary alicyclic amines) is 1. The molecule has 0 bridgehead atoms. The number of sulfonamides is 1. The van der Waals surface area contributed by atoms with E-state index in [9.17, 15) is 13.2 Å². The molecule has 1 amide bonds. The third-order valence-electron chi connectivity index (χ3n) is 4.62. The Bertz CT molecular complexity index is 929. The van der Waals surface area contributed by atoms with Crippen LogP contribution in [0.5, 0.6) is 5.75 Å². The van der Waals surface area contributed by atoms with Crippen LogP contribution in [0.15, 0.2) is 53.4 Å². The molecule has 1 aliphatic rings. The van der Waals surface area contributed by atoms with Crippen LogP contribution in [-0.2, 0) is 21.2 Å². The van der Waals surface area contributed by atoms with Crippen LogP contribution in [0.2, 0.25) is 0 Å². The van der Waals surface area contributed by atoms with Crippen LogP contribution in [0.3, 0.4) is 0 Å². The van der Waals surface area contributed by atoms with Gasteiger partial charge in [0.15, 0.2) is 0 Å². The van der Waals surface area contributed by atoms with Crippen LogP contribution in [0.1, 0.15) is 18.4 Å². The third-order valence-corrected chi connectivity index (χ3v) is 5.53. The first-order chi connectivity index (χ1) is 13.3. The lowest BCUT2D eigenvalue weighted by Crippen LogP contribution is -2.38. The van der Waals surface area contributed by atoms with Crippen molar-refractivity contribution in [2.45, 2.75) is 30.3 Å². The molecule has 0 spiro atoms. The van der Waals surface area contributed by atoms with Crippen molar-refractivity contribution in [1.82, 2.24) is 4.90 Å². The van der Waals surface area contributed by atoms with Gasteiger partial charge in [-0.15, -0.1) is 0 Å². The summed E-state index contributed by atoms with van der Waals surface area (Å²) >= 11 is 0. The minimum Gasteiger partial charge on any atom is -0.489 e. The van der Waals surface area contributed by atoms with Crippen molar-refractivity contribution in [1.29, 1.82) is 0 Å². The molecule has 8 heteroatoms. The first kappa shape index (κ1) is 20.3. The van der Waals surface area contributed by atoms with E-state index in [0.29, 0.717) is 5.69 Å². The topological polar surface area (TPSA) is 102 Å². The number of benzene rings is 2. The van der Waals surface area contributed by atoms with Gasteiger partial charge >= 0.3 is 0 Å². The summed E-state index contributed by atoms with van der Waals surface area (Å²) in [5.74, 6) is 0.555. The molecule has 7 nitrogen and oxygen atoms in total. The number of nitrogens with two attached hydrogens (primary N) is 1. The van der Waals surface area contributed by atoms with E-state index in [1.165, 1.54) is 18.2 Å². The second kappa shape index (κ2) is 8.72. The number of amides is 1. The molecule has 3 rings (SSSR count). The monoisotopic (exact) mass is 403 g/mol. The van der Waals surface area contributed by atoms with Gasteiger partial charge in [-0.25, -0.2) is 13.6 Å². The van der Waals surface area contributed by atoms with Gasteiger partial charge in [0.1, 0.15) is 11.9 Å². The number of carbonyl (C=O) groups is 1. The van der Waals surface area contributed by atoms with Gasteiger partial charge in [-0.05, 0) is 62.3 Å². The van der Waals surface area contributed by atoms with Crippen molar-refractivity contribution in [3.8, 4) is 5.75 Å². The predicted octanol–water partition coefficient (Wildman–Crippen LogP) is 1.99. The van der Waals surface area contributed by atoms with Gasteiger partial charge in [0.25, 0.3) is 0 Å². The number of primary sulfonamides is 1. The SMILES string of the molecule is CN1CCCC(Oc2ccc(CC(=O)Nc3cccc(S(N)(=O)=O)c3)cc2)C1.